The van der Waals surface area contributed by atoms with Gasteiger partial charge in [-0.1, -0.05) is 35.9 Å². The van der Waals surface area contributed by atoms with Crippen LogP contribution in [-0.4, -0.2) is 56.8 Å². The molecule has 7 heteroatoms. The molecule has 2 N–H and O–H groups in total. The SMILES string of the molecule is CN=C(NCc1ccccc1Oc1ccc(C)cc1)NC1CCN(CC2CCOC2)CC1.I. The van der Waals surface area contributed by atoms with Crippen LogP contribution in [-0.2, 0) is 11.3 Å². The molecule has 33 heavy (non-hydrogen) atoms. The van der Waals surface area contributed by atoms with Gasteiger partial charge in [-0.25, -0.2) is 0 Å². The summed E-state index contributed by atoms with van der Waals surface area (Å²) in [6.07, 6.45) is 3.49. The van der Waals surface area contributed by atoms with Gasteiger partial charge < -0.3 is 25.0 Å². The molecule has 2 aliphatic rings. The van der Waals surface area contributed by atoms with E-state index in [9.17, 15) is 0 Å². The summed E-state index contributed by atoms with van der Waals surface area (Å²) >= 11 is 0. The van der Waals surface area contributed by atoms with Crippen LogP contribution in [0.4, 0.5) is 0 Å². The number of ether oxygens (including phenoxy) is 2. The summed E-state index contributed by atoms with van der Waals surface area (Å²) in [5.74, 6) is 3.28. The molecule has 1 unspecified atom stereocenters. The molecule has 2 aromatic carbocycles. The Balaban J connectivity index is 0.00000306. The molecule has 180 valence electrons. The van der Waals surface area contributed by atoms with Crippen molar-refractivity contribution in [3.05, 3.63) is 59.7 Å². The first-order valence-corrected chi connectivity index (χ1v) is 11.8. The van der Waals surface area contributed by atoms with Gasteiger partial charge in [-0.15, -0.1) is 24.0 Å². The predicted octanol–water partition coefficient (Wildman–Crippen LogP) is 4.57. The Morgan fingerprint density at radius 3 is 2.55 bits per heavy atom. The number of aliphatic imine (C=N–C) groups is 1. The molecule has 0 spiro atoms. The molecule has 2 heterocycles. The van der Waals surface area contributed by atoms with Crippen LogP contribution in [0.5, 0.6) is 11.5 Å². The Morgan fingerprint density at radius 1 is 1.09 bits per heavy atom. The van der Waals surface area contributed by atoms with E-state index in [0.717, 1.165) is 68.1 Å². The minimum Gasteiger partial charge on any atom is -0.457 e. The monoisotopic (exact) mass is 564 g/mol. The summed E-state index contributed by atoms with van der Waals surface area (Å²) in [6.45, 7) is 8.05. The van der Waals surface area contributed by atoms with E-state index in [4.69, 9.17) is 9.47 Å². The molecule has 2 fully saturated rings. The summed E-state index contributed by atoms with van der Waals surface area (Å²) in [5, 5.41) is 7.08. The van der Waals surface area contributed by atoms with Gasteiger partial charge in [0.1, 0.15) is 11.5 Å². The van der Waals surface area contributed by atoms with E-state index in [1.807, 2.05) is 37.4 Å². The number of halogens is 1. The van der Waals surface area contributed by atoms with Crippen molar-refractivity contribution in [2.24, 2.45) is 10.9 Å². The van der Waals surface area contributed by atoms with Crippen molar-refractivity contribution in [3.63, 3.8) is 0 Å². The molecular weight excluding hydrogens is 527 g/mol. The van der Waals surface area contributed by atoms with Gasteiger partial charge in [0, 0.05) is 51.4 Å². The van der Waals surface area contributed by atoms with Crippen molar-refractivity contribution >= 4 is 29.9 Å². The first-order valence-electron chi connectivity index (χ1n) is 11.8. The molecule has 0 saturated carbocycles. The topological polar surface area (TPSA) is 58.1 Å². The van der Waals surface area contributed by atoms with E-state index < -0.39 is 0 Å². The predicted molar refractivity (Wildman–Crippen MR) is 145 cm³/mol. The van der Waals surface area contributed by atoms with Gasteiger partial charge in [-0.05, 0) is 50.3 Å². The van der Waals surface area contributed by atoms with Gasteiger partial charge in [0.25, 0.3) is 0 Å². The Hall–Kier alpha value is -1.84. The van der Waals surface area contributed by atoms with Crippen LogP contribution >= 0.6 is 24.0 Å². The second-order valence-electron chi connectivity index (χ2n) is 8.90. The van der Waals surface area contributed by atoms with Gasteiger partial charge in [-0.3, -0.25) is 4.99 Å². The second kappa shape index (κ2) is 13.2. The number of nitrogens with zero attached hydrogens (tertiary/aromatic N) is 2. The molecule has 1 atom stereocenters. The highest BCUT2D eigenvalue weighted by molar-refractivity contribution is 14.0. The molecule has 0 bridgehead atoms. The van der Waals surface area contributed by atoms with Crippen molar-refractivity contribution in [3.8, 4) is 11.5 Å². The van der Waals surface area contributed by atoms with Gasteiger partial charge in [-0.2, -0.15) is 0 Å². The molecule has 0 radical (unpaired) electrons. The number of hydrogen-bond donors (Lipinski definition) is 2. The van der Waals surface area contributed by atoms with Crippen LogP contribution in [0.1, 0.15) is 30.4 Å². The van der Waals surface area contributed by atoms with Crippen LogP contribution in [0, 0.1) is 12.8 Å². The van der Waals surface area contributed by atoms with E-state index in [0.29, 0.717) is 12.6 Å². The average molecular weight is 565 g/mol. The number of aryl methyl sites for hydroxylation is 1. The fraction of sp³-hybridized carbons (Fsp3) is 0.500. The molecule has 4 rings (SSSR count). The minimum absolute atomic E-state index is 0. The lowest BCUT2D eigenvalue weighted by Gasteiger charge is -2.34. The van der Waals surface area contributed by atoms with Crippen molar-refractivity contribution in [2.75, 3.05) is 39.9 Å². The largest absolute Gasteiger partial charge is 0.457 e. The number of hydrogen-bond acceptors (Lipinski definition) is 4. The van der Waals surface area contributed by atoms with Crippen molar-refractivity contribution in [1.82, 2.24) is 15.5 Å². The highest BCUT2D eigenvalue weighted by atomic mass is 127. The standard InChI is InChI=1S/C26H36N4O2.HI/c1-20-7-9-24(10-8-20)32-25-6-4-3-5-22(25)17-28-26(27-2)29-23-11-14-30(15-12-23)18-21-13-16-31-19-21;/h3-10,21,23H,11-19H2,1-2H3,(H2,27,28,29);1H. The molecule has 2 saturated heterocycles. The zero-order chi connectivity index (χ0) is 22.2. The lowest BCUT2D eigenvalue weighted by molar-refractivity contribution is 0.150. The summed E-state index contributed by atoms with van der Waals surface area (Å²) in [7, 11) is 1.83. The first-order chi connectivity index (χ1) is 15.7. The highest BCUT2D eigenvalue weighted by Crippen LogP contribution is 2.25. The number of piperidine rings is 1. The lowest BCUT2D eigenvalue weighted by atomic mass is 10.0. The van der Waals surface area contributed by atoms with E-state index in [-0.39, 0.29) is 24.0 Å². The van der Waals surface area contributed by atoms with Crippen molar-refractivity contribution in [1.29, 1.82) is 0 Å². The molecule has 6 nitrogen and oxygen atoms in total. The van der Waals surface area contributed by atoms with Crippen LogP contribution in [0.3, 0.4) is 0 Å². The highest BCUT2D eigenvalue weighted by Gasteiger charge is 2.24. The van der Waals surface area contributed by atoms with Gasteiger partial charge in [0.2, 0.25) is 0 Å². The zero-order valence-corrected chi connectivity index (χ0v) is 22.1. The Morgan fingerprint density at radius 2 is 1.85 bits per heavy atom. The molecular formula is C26H37IN4O2. The van der Waals surface area contributed by atoms with Crippen LogP contribution in [0.2, 0.25) is 0 Å². The second-order valence-corrected chi connectivity index (χ2v) is 8.90. The minimum atomic E-state index is 0. The Labute approximate surface area is 215 Å². The molecule has 0 amide bonds. The Bertz CT molecular complexity index is 876. The van der Waals surface area contributed by atoms with Crippen molar-refractivity contribution in [2.45, 2.75) is 38.8 Å². The normalized spacial score (nSPS) is 19.7. The number of nitrogens with one attached hydrogen (secondary N) is 2. The molecule has 0 aromatic heterocycles. The molecule has 0 aliphatic carbocycles. The number of para-hydroxylation sites is 1. The van der Waals surface area contributed by atoms with Gasteiger partial charge >= 0.3 is 0 Å². The van der Waals surface area contributed by atoms with E-state index in [1.165, 1.54) is 18.5 Å². The maximum absolute atomic E-state index is 6.13. The van der Waals surface area contributed by atoms with Crippen LogP contribution in [0.25, 0.3) is 0 Å². The summed E-state index contributed by atoms with van der Waals surface area (Å²) in [6, 6.07) is 16.7. The molecule has 2 aliphatic heterocycles. The Kier molecular flexibility index (Phi) is 10.3. The average Bonchev–Trinajstić information content (AvgIpc) is 3.33. The zero-order valence-electron chi connectivity index (χ0n) is 19.8. The van der Waals surface area contributed by atoms with E-state index in [2.05, 4.69) is 45.6 Å². The van der Waals surface area contributed by atoms with Crippen LogP contribution < -0.4 is 15.4 Å². The third-order valence-corrected chi connectivity index (χ3v) is 6.36. The molecule has 2 aromatic rings. The van der Waals surface area contributed by atoms with Gasteiger partial charge in [0.05, 0.1) is 6.61 Å². The smallest absolute Gasteiger partial charge is 0.191 e. The number of guanidine groups is 1. The summed E-state index contributed by atoms with van der Waals surface area (Å²) in [4.78, 5) is 7.04. The van der Waals surface area contributed by atoms with E-state index >= 15 is 0 Å². The maximum atomic E-state index is 6.13. The summed E-state index contributed by atoms with van der Waals surface area (Å²) in [5.41, 5.74) is 2.32. The quantitative estimate of drug-likeness (QED) is 0.293. The maximum Gasteiger partial charge on any atom is 0.191 e. The fourth-order valence-corrected chi connectivity index (χ4v) is 4.40. The van der Waals surface area contributed by atoms with Crippen molar-refractivity contribution < 1.29 is 9.47 Å². The number of benzene rings is 2. The number of likely N-dealkylation sites (tertiary alicyclic amines) is 1. The van der Waals surface area contributed by atoms with E-state index in [1.54, 1.807) is 0 Å². The third kappa shape index (κ3) is 7.86. The van der Waals surface area contributed by atoms with Gasteiger partial charge in [0.15, 0.2) is 5.96 Å². The first kappa shape index (κ1) is 25.8. The lowest BCUT2D eigenvalue weighted by Crippen LogP contribution is -2.49. The summed E-state index contributed by atoms with van der Waals surface area (Å²) < 4.78 is 11.7. The third-order valence-electron chi connectivity index (χ3n) is 6.36. The van der Waals surface area contributed by atoms with Crippen LogP contribution in [0.15, 0.2) is 53.5 Å². The fourth-order valence-electron chi connectivity index (χ4n) is 4.40. The number of rotatable bonds is 7.